The summed E-state index contributed by atoms with van der Waals surface area (Å²) in [5, 5.41) is 17.9. The van der Waals surface area contributed by atoms with Gasteiger partial charge in [0.25, 0.3) is 0 Å². The third kappa shape index (κ3) is 9.67. The molecule has 0 spiro atoms. The smallest absolute Gasteiger partial charge is 0.159 e. The Morgan fingerprint density at radius 1 is 0.219 bits per heavy atom. The Balaban J connectivity index is 0.000000145. The van der Waals surface area contributed by atoms with Crippen molar-refractivity contribution < 1.29 is 22.5 Å². The predicted octanol–water partition coefficient (Wildman–Crippen LogP) is 28.9. The summed E-state index contributed by atoms with van der Waals surface area (Å²) in [6.45, 7) is 0. The van der Waals surface area contributed by atoms with Gasteiger partial charge in [-0.05, 0) is 210 Å². The van der Waals surface area contributed by atoms with Gasteiger partial charge in [-0.15, -0.1) is 0 Å². The fourth-order valence-electron chi connectivity index (χ4n) is 16.8. The number of hydrogen-bond acceptors (Lipinski definition) is 2. The van der Waals surface area contributed by atoms with Crippen LogP contribution in [0.1, 0.15) is 13.7 Å². The Hall–Kier alpha value is -13.9. The Morgan fingerprint density at radius 2 is 0.610 bits per heavy atom. The van der Waals surface area contributed by atoms with Crippen LogP contribution in [0.4, 0.5) is 0 Å². The molecule has 0 saturated heterocycles. The first-order valence-corrected chi connectivity index (χ1v) is 35.3. The molecule has 0 fully saturated rings. The minimum absolute atomic E-state index is 0.197. The molecule has 19 aromatic carbocycles. The van der Waals surface area contributed by atoms with Crippen molar-refractivity contribution in [3.63, 3.8) is 0 Å². The normalized spacial score (nSPS) is 13.1. The van der Waals surface area contributed by atoms with Gasteiger partial charge < -0.3 is 13.4 Å². The lowest BCUT2D eigenvalue weighted by atomic mass is 9.83. The second-order valence-electron chi connectivity index (χ2n) is 26.8. The van der Waals surface area contributed by atoms with Gasteiger partial charge in [-0.25, -0.2) is 0 Å². The molecule has 22 rings (SSSR count). The van der Waals surface area contributed by atoms with Gasteiger partial charge in [0.2, 0.25) is 0 Å². The molecule has 0 N–H and O–H groups in total. The molecule has 105 heavy (non-hydrogen) atoms. The van der Waals surface area contributed by atoms with Crippen LogP contribution >= 0.6 is 0 Å². The van der Waals surface area contributed by atoms with E-state index in [4.69, 9.17) is 22.5 Å². The van der Waals surface area contributed by atoms with Gasteiger partial charge in [-0.2, -0.15) is 0 Å². The average Bonchev–Trinajstić information content (AvgIpc) is 1.66. The van der Waals surface area contributed by atoms with Gasteiger partial charge in [0.05, 0.1) is 30.4 Å². The van der Waals surface area contributed by atoms with Crippen LogP contribution in [0.15, 0.2) is 391 Å². The first kappa shape index (κ1) is 50.5. The topological polar surface area (TPSA) is 31.2 Å². The summed E-state index contributed by atoms with van der Waals surface area (Å²) < 4.78 is 102. The van der Waals surface area contributed by atoms with E-state index >= 15 is 0 Å². The van der Waals surface area contributed by atoms with E-state index in [-0.39, 0.29) is 59.5 Å². The number of furan rings is 2. The fourth-order valence-corrected chi connectivity index (χ4v) is 16.8. The Kier molecular flexibility index (Phi) is 11.8. The summed E-state index contributed by atoms with van der Waals surface area (Å²) in [4.78, 5) is 0. The van der Waals surface area contributed by atoms with Crippen LogP contribution in [0, 0.1) is 0 Å². The summed E-state index contributed by atoms with van der Waals surface area (Å²) >= 11 is 0. The zero-order valence-electron chi connectivity index (χ0n) is 66.4. The molecule has 0 aliphatic carbocycles. The van der Waals surface area contributed by atoms with Crippen LogP contribution in [0.3, 0.4) is 0 Å². The summed E-state index contributed by atoms with van der Waals surface area (Å²) in [5.41, 5.74) is 18.6. The summed E-state index contributed by atoms with van der Waals surface area (Å²) in [6, 6.07) is 108. The van der Waals surface area contributed by atoms with E-state index in [1.54, 1.807) is 0 Å². The third-order valence-electron chi connectivity index (χ3n) is 21.2. The monoisotopic (exact) mass is 1340 g/mol. The number of benzene rings is 19. The zero-order valence-corrected chi connectivity index (χ0v) is 56.4. The molecule has 488 valence electrons. The zero-order chi connectivity index (χ0) is 77.8. The van der Waals surface area contributed by atoms with Crippen LogP contribution in [-0.2, 0) is 0 Å². The van der Waals surface area contributed by atoms with E-state index in [1.807, 2.05) is 103 Å². The predicted molar refractivity (Wildman–Crippen MR) is 445 cm³/mol. The van der Waals surface area contributed by atoms with Crippen LogP contribution in [0.25, 0.3) is 214 Å². The molecule has 0 amide bonds. The lowest BCUT2D eigenvalue weighted by molar-refractivity contribution is 0.666. The molecule has 0 atom stereocenters. The van der Waals surface area contributed by atoms with Crippen molar-refractivity contribution >= 4 is 130 Å². The first-order chi connectivity index (χ1) is 56.3. The molecule has 0 saturated carbocycles. The Morgan fingerprint density at radius 3 is 1.11 bits per heavy atom. The van der Waals surface area contributed by atoms with E-state index in [0.29, 0.717) is 11.1 Å². The van der Waals surface area contributed by atoms with Gasteiger partial charge in [-0.1, -0.05) is 309 Å². The van der Waals surface area contributed by atoms with Gasteiger partial charge in [-0.3, -0.25) is 0 Å². The Bertz CT molecular complexity index is 7710. The van der Waals surface area contributed by atoms with Gasteiger partial charge in [0.15, 0.2) is 5.58 Å². The van der Waals surface area contributed by atoms with Crippen molar-refractivity contribution in [1.29, 1.82) is 0 Å². The third-order valence-corrected chi connectivity index (χ3v) is 21.2. The van der Waals surface area contributed by atoms with Crippen molar-refractivity contribution in [2.75, 3.05) is 0 Å². The number of hydrogen-bond donors (Lipinski definition) is 0. The molecule has 3 nitrogen and oxygen atoms in total. The number of nitrogens with zero attached hydrogens (tertiary/aromatic N) is 1. The van der Waals surface area contributed by atoms with Crippen molar-refractivity contribution in [3.8, 4) is 83.6 Å². The highest BCUT2D eigenvalue weighted by atomic mass is 16.3. The maximum absolute atomic E-state index is 9.03. The molecular weight excluding hydrogens is 1270 g/mol. The summed E-state index contributed by atoms with van der Waals surface area (Å²) in [7, 11) is 0. The van der Waals surface area contributed by atoms with Gasteiger partial charge in [0, 0.05) is 37.9 Å². The van der Waals surface area contributed by atoms with Crippen molar-refractivity contribution in [1.82, 2.24) is 4.57 Å². The lowest BCUT2D eigenvalue weighted by Gasteiger charge is -2.20. The molecule has 22 aromatic rings. The van der Waals surface area contributed by atoms with E-state index in [9.17, 15) is 0 Å². The van der Waals surface area contributed by atoms with Gasteiger partial charge >= 0.3 is 0 Å². The minimum atomic E-state index is -0.407. The highest BCUT2D eigenvalue weighted by Gasteiger charge is 2.26. The molecule has 0 aliphatic rings. The second-order valence-corrected chi connectivity index (χ2v) is 26.8. The molecule has 0 bridgehead atoms. The number of aromatic nitrogens is 1. The van der Waals surface area contributed by atoms with E-state index in [1.165, 1.54) is 10.8 Å². The highest BCUT2D eigenvalue weighted by Crippen LogP contribution is 2.51. The van der Waals surface area contributed by atoms with Gasteiger partial charge in [0.1, 0.15) is 16.7 Å². The second kappa shape index (κ2) is 24.5. The van der Waals surface area contributed by atoms with Crippen molar-refractivity contribution in [2.24, 2.45) is 0 Å². The SMILES string of the molecule is [2H]c1c([2H])c([2H])c(-c2c3ccccc3c(-c3cc(-c4cc(-n5c6ccccc6c6ccccc65)c5oc6ccccc6c5c4)c4ccccc4c3)c3ccccc23)c([2H])c1[2H].[2H]c1c([2H])c([2H])c(-c2c3ccccc3c(-c3cc(-c4ccc5oc6ccccc6c5c4-c4ccccc4)c4ccccc4c3)c3ccccc23)c([2H])c1[2H]. The van der Waals surface area contributed by atoms with Crippen LogP contribution in [0.5, 0.6) is 0 Å². The maximum Gasteiger partial charge on any atom is 0.159 e. The maximum atomic E-state index is 9.03. The fraction of sp³-hybridized carbons (Fsp3) is 0. The highest BCUT2D eigenvalue weighted by molar-refractivity contribution is 6.25. The van der Waals surface area contributed by atoms with Crippen LogP contribution in [-0.4, -0.2) is 4.57 Å². The van der Waals surface area contributed by atoms with Crippen molar-refractivity contribution in [2.45, 2.75) is 0 Å². The number of para-hydroxylation sites is 4. The number of fused-ring (bicyclic) bond motifs is 15. The van der Waals surface area contributed by atoms with E-state index in [0.717, 1.165) is 181 Å². The lowest BCUT2D eigenvalue weighted by Crippen LogP contribution is -1.96. The quantitative estimate of drug-likeness (QED) is 0.142. The average molecular weight is 1340 g/mol. The van der Waals surface area contributed by atoms with Crippen LogP contribution in [0.2, 0.25) is 0 Å². The molecule has 0 unspecified atom stereocenters. The molecule has 0 aliphatic heterocycles. The van der Waals surface area contributed by atoms with E-state index in [2.05, 4.69) is 223 Å². The summed E-state index contributed by atoms with van der Waals surface area (Å²) in [6.07, 6.45) is 0. The summed E-state index contributed by atoms with van der Waals surface area (Å²) in [5.74, 6) is 0. The van der Waals surface area contributed by atoms with E-state index < -0.39 is 12.1 Å². The largest absolute Gasteiger partial charge is 0.456 e. The molecule has 3 heterocycles. The van der Waals surface area contributed by atoms with Crippen molar-refractivity contribution in [3.05, 3.63) is 382 Å². The molecule has 3 heteroatoms. The molecular formula is C102H63NO2. The Labute approximate surface area is 619 Å². The standard InChI is InChI=1S/C54H33NO.C48H30O/c1-2-16-34(17-3-1)52-42-23-6-8-25-44(42)53(45-26-9-7-24-43(45)52)37-30-35-18-4-5-19-38(35)46(32-37)36-31-47-41-22-12-15-29-51(41)56-54(47)50(33-36)55-48-27-13-10-20-39(48)40-21-11-14-28-49(40)55;1-3-15-31(16-4-1)45-36-21-9-11-23-38(36)46(39-24-12-10-22-37(39)45)34-29-33-19-7-8-20-35(33)42(30-34)40-27-28-44-48(41-25-13-14-26-43(41)49-44)47(40)32-17-5-2-6-18-32/h1-33H;1-30H/i1D,2D,3D,16D,17D;1D,3D,4D,15D,16D. The molecule has 0 radical (unpaired) electrons. The molecule has 3 aromatic heterocycles. The number of rotatable bonds is 8. The van der Waals surface area contributed by atoms with Crippen LogP contribution < -0.4 is 0 Å². The first-order valence-electron chi connectivity index (χ1n) is 40.3. The minimum Gasteiger partial charge on any atom is -0.456 e.